The van der Waals surface area contributed by atoms with E-state index in [1.165, 1.54) is 29.1 Å². The Morgan fingerprint density at radius 2 is 2.04 bits per heavy atom. The first-order valence-electron chi connectivity index (χ1n) is 8.95. The molecule has 10 heteroatoms. The second-order valence-corrected chi connectivity index (χ2v) is 6.90. The Balaban J connectivity index is 1.77. The molecule has 1 fully saturated rings. The van der Waals surface area contributed by atoms with E-state index in [-0.39, 0.29) is 35.1 Å². The fraction of sp³-hybridized carbons (Fsp3) is 0.444. The monoisotopic (exact) mass is 413 g/mol. The second-order valence-electron chi connectivity index (χ2n) is 6.46. The Hall–Kier alpha value is -2.39. The number of rotatable bonds is 6. The maximum Gasteiger partial charge on any atom is 0.387 e. The number of alkyl halides is 2. The molecule has 0 radical (unpaired) electrons. The van der Waals surface area contributed by atoms with Crippen LogP contribution in [0.3, 0.4) is 0 Å². The molecule has 2 aromatic rings. The summed E-state index contributed by atoms with van der Waals surface area (Å²) in [6.07, 6.45) is 1.50. The van der Waals surface area contributed by atoms with Gasteiger partial charge >= 0.3 is 6.61 Å². The molecule has 0 spiro atoms. The van der Waals surface area contributed by atoms with Crippen LogP contribution in [0.15, 0.2) is 24.4 Å². The van der Waals surface area contributed by atoms with Gasteiger partial charge in [-0.15, -0.1) is 0 Å². The number of nitrogens with two attached hydrogens (primary N) is 1. The maximum atomic E-state index is 12.7. The quantitative estimate of drug-likeness (QED) is 0.787. The Bertz CT molecular complexity index is 837. The number of aromatic nitrogens is 2. The Kier molecular flexibility index (Phi) is 6.35. The van der Waals surface area contributed by atoms with Crippen molar-refractivity contribution in [3.05, 3.63) is 29.4 Å². The molecular formula is C18H22ClF2N5O2. The lowest BCUT2D eigenvalue weighted by molar-refractivity contribution is -0.133. The lowest BCUT2D eigenvalue weighted by atomic mass is 10.1. The van der Waals surface area contributed by atoms with Crippen LogP contribution in [-0.2, 0) is 11.3 Å². The predicted molar refractivity (Wildman–Crippen MR) is 102 cm³/mol. The van der Waals surface area contributed by atoms with Gasteiger partial charge < -0.3 is 20.3 Å². The van der Waals surface area contributed by atoms with Gasteiger partial charge in [0.15, 0.2) is 0 Å². The van der Waals surface area contributed by atoms with Crippen LogP contribution in [0, 0.1) is 0 Å². The molecule has 0 saturated carbocycles. The van der Waals surface area contributed by atoms with Gasteiger partial charge in [-0.1, -0.05) is 18.5 Å². The van der Waals surface area contributed by atoms with Gasteiger partial charge in [-0.3, -0.25) is 9.48 Å². The number of carbonyl (C=O) groups excluding carboxylic acids is 1. The van der Waals surface area contributed by atoms with Crippen LogP contribution in [-0.4, -0.2) is 64.8 Å². The standard InChI is InChI=1S/C18H22ClF2N5O2/c1-2-24-5-7-25(8-6-24)16(27)11-26-10-14(22)17(23-26)13-9-12(19)3-4-15(13)28-18(20)21/h3-4,9-10,18H,2,5-8,11,22H2,1H3. The van der Waals surface area contributed by atoms with E-state index in [2.05, 4.69) is 21.7 Å². The summed E-state index contributed by atoms with van der Waals surface area (Å²) in [5.41, 5.74) is 6.73. The highest BCUT2D eigenvalue weighted by Gasteiger charge is 2.22. The number of hydrogen-bond acceptors (Lipinski definition) is 5. The largest absolute Gasteiger partial charge is 0.434 e. The van der Waals surface area contributed by atoms with Crippen molar-refractivity contribution in [1.29, 1.82) is 0 Å². The first-order chi connectivity index (χ1) is 13.4. The van der Waals surface area contributed by atoms with Gasteiger partial charge in [0.1, 0.15) is 18.0 Å². The summed E-state index contributed by atoms with van der Waals surface area (Å²) in [6, 6.07) is 4.23. The summed E-state index contributed by atoms with van der Waals surface area (Å²) in [7, 11) is 0. The zero-order chi connectivity index (χ0) is 20.3. The molecule has 0 bridgehead atoms. The summed E-state index contributed by atoms with van der Waals surface area (Å²) in [5.74, 6) is -0.154. The molecule has 7 nitrogen and oxygen atoms in total. The minimum atomic E-state index is -2.99. The molecule has 0 aliphatic carbocycles. The number of piperazine rings is 1. The van der Waals surface area contributed by atoms with Crippen LogP contribution in [0.25, 0.3) is 11.3 Å². The molecule has 3 rings (SSSR count). The number of nitrogen functional groups attached to an aromatic ring is 1. The number of anilines is 1. The average molecular weight is 414 g/mol. The number of nitrogens with zero attached hydrogens (tertiary/aromatic N) is 4. The Labute approximate surface area is 166 Å². The van der Waals surface area contributed by atoms with E-state index >= 15 is 0 Å². The number of hydrogen-bond donors (Lipinski definition) is 1. The van der Waals surface area contributed by atoms with Crippen LogP contribution >= 0.6 is 11.6 Å². The maximum absolute atomic E-state index is 12.7. The third-order valence-corrected chi connectivity index (χ3v) is 4.91. The SMILES string of the molecule is CCN1CCN(C(=O)Cn2cc(N)c(-c3cc(Cl)ccc3OC(F)F)n2)CC1. The molecule has 1 aromatic carbocycles. The minimum Gasteiger partial charge on any atom is -0.434 e. The molecular weight excluding hydrogens is 392 g/mol. The van der Waals surface area contributed by atoms with Crippen molar-refractivity contribution in [2.45, 2.75) is 20.1 Å². The molecule has 28 heavy (non-hydrogen) atoms. The summed E-state index contributed by atoms with van der Waals surface area (Å²) in [6.45, 7) is 3.08. The van der Waals surface area contributed by atoms with Gasteiger partial charge in [0.05, 0.1) is 5.69 Å². The highest BCUT2D eigenvalue weighted by molar-refractivity contribution is 6.31. The van der Waals surface area contributed by atoms with Crippen molar-refractivity contribution >= 4 is 23.2 Å². The fourth-order valence-corrected chi connectivity index (χ4v) is 3.34. The lowest BCUT2D eigenvalue weighted by Gasteiger charge is -2.34. The van der Waals surface area contributed by atoms with Gasteiger partial charge in [0.25, 0.3) is 0 Å². The molecule has 0 atom stereocenters. The van der Waals surface area contributed by atoms with Gasteiger partial charge in [-0.05, 0) is 24.7 Å². The molecule has 1 aliphatic rings. The number of likely N-dealkylation sites (N-methyl/N-ethyl adjacent to an activating group) is 1. The van der Waals surface area contributed by atoms with Gasteiger partial charge in [0, 0.05) is 43.0 Å². The summed E-state index contributed by atoms with van der Waals surface area (Å²) in [4.78, 5) is 16.6. The van der Waals surface area contributed by atoms with Crippen molar-refractivity contribution < 1.29 is 18.3 Å². The summed E-state index contributed by atoms with van der Waals surface area (Å²) < 4.78 is 31.3. The smallest absolute Gasteiger partial charge is 0.387 e. The van der Waals surface area contributed by atoms with Gasteiger partial charge in [0.2, 0.25) is 5.91 Å². The number of ether oxygens (including phenoxy) is 1. The Morgan fingerprint density at radius 3 is 2.68 bits per heavy atom. The highest BCUT2D eigenvalue weighted by atomic mass is 35.5. The predicted octanol–water partition coefficient (Wildman–Crippen LogP) is 2.55. The zero-order valence-electron chi connectivity index (χ0n) is 15.4. The lowest BCUT2D eigenvalue weighted by Crippen LogP contribution is -2.49. The first kappa shape index (κ1) is 20.3. The van der Waals surface area contributed by atoms with Crippen LogP contribution in [0.1, 0.15) is 6.92 Å². The number of halogens is 3. The number of benzene rings is 1. The van der Waals surface area contributed by atoms with Crippen LogP contribution in [0.4, 0.5) is 14.5 Å². The Morgan fingerprint density at radius 1 is 1.32 bits per heavy atom. The molecule has 1 aromatic heterocycles. The van der Waals surface area contributed by atoms with Crippen LogP contribution in [0.2, 0.25) is 5.02 Å². The fourth-order valence-electron chi connectivity index (χ4n) is 3.17. The van der Waals surface area contributed by atoms with Crippen LogP contribution in [0.5, 0.6) is 5.75 Å². The molecule has 2 heterocycles. The molecule has 152 valence electrons. The third-order valence-electron chi connectivity index (χ3n) is 4.67. The average Bonchev–Trinajstić information content (AvgIpc) is 3.02. The normalized spacial score (nSPS) is 15.2. The van der Waals surface area contributed by atoms with E-state index in [0.29, 0.717) is 18.1 Å². The number of amides is 1. The molecule has 2 N–H and O–H groups in total. The topological polar surface area (TPSA) is 76.6 Å². The molecule has 1 amide bonds. The zero-order valence-corrected chi connectivity index (χ0v) is 16.2. The van der Waals surface area contributed by atoms with E-state index in [1.54, 1.807) is 4.90 Å². The van der Waals surface area contributed by atoms with Crippen molar-refractivity contribution in [2.75, 3.05) is 38.5 Å². The first-order valence-corrected chi connectivity index (χ1v) is 9.33. The van der Waals surface area contributed by atoms with Crippen molar-refractivity contribution in [2.24, 2.45) is 0 Å². The van der Waals surface area contributed by atoms with E-state index < -0.39 is 6.61 Å². The van der Waals surface area contributed by atoms with E-state index in [1.807, 2.05) is 0 Å². The van der Waals surface area contributed by atoms with Crippen molar-refractivity contribution in [1.82, 2.24) is 19.6 Å². The van der Waals surface area contributed by atoms with Gasteiger partial charge in [-0.2, -0.15) is 13.9 Å². The van der Waals surface area contributed by atoms with E-state index in [0.717, 1.165) is 19.6 Å². The van der Waals surface area contributed by atoms with E-state index in [4.69, 9.17) is 17.3 Å². The van der Waals surface area contributed by atoms with Crippen LogP contribution < -0.4 is 10.5 Å². The summed E-state index contributed by atoms with van der Waals surface area (Å²) >= 11 is 5.99. The molecule has 0 unspecified atom stereocenters. The van der Waals surface area contributed by atoms with Crippen molar-refractivity contribution in [3.8, 4) is 17.0 Å². The third kappa shape index (κ3) is 4.71. The molecule has 1 saturated heterocycles. The highest BCUT2D eigenvalue weighted by Crippen LogP contribution is 2.35. The van der Waals surface area contributed by atoms with Crippen molar-refractivity contribution in [3.63, 3.8) is 0 Å². The summed E-state index contributed by atoms with van der Waals surface area (Å²) in [5, 5.41) is 4.63. The number of carbonyl (C=O) groups is 1. The second kappa shape index (κ2) is 8.74. The van der Waals surface area contributed by atoms with E-state index in [9.17, 15) is 13.6 Å². The minimum absolute atomic E-state index is 0.0158. The molecule has 1 aliphatic heterocycles. The van der Waals surface area contributed by atoms with Gasteiger partial charge in [-0.25, -0.2) is 0 Å².